The first-order valence-electron chi connectivity index (χ1n) is 6.20. The average molecular weight is 267 g/mol. The molecule has 0 aliphatic rings. The molecule has 0 saturated carbocycles. The molecule has 0 aliphatic heterocycles. The number of fused-ring (bicyclic) bond motifs is 1. The van der Waals surface area contributed by atoms with Crippen molar-refractivity contribution >= 4 is 22.5 Å². The van der Waals surface area contributed by atoms with E-state index in [2.05, 4.69) is 37.2 Å². The minimum absolute atomic E-state index is 0.753. The lowest BCUT2D eigenvalue weighted by Crippen LogP contribution is -1.90. The zero-order valence-corrected chi connectivity index (χ0v) is 11.6. The number of hydrogen-bond acceptors (Lipinski definition) is 1. The van der Waals surface area contributed by atoms with Crippen molar-refractivity contribution in [3.8, 4) is 11.1 Å². The number of benzene rings is 2. The van der Waals surface area contributed by atoms with E-state index in [1.165, 1.54) is 11.1 Å². The van der Waals surface area contributed by atoms with Crippen LogP contribution < -0.4 is 0 Å². The highest BCUT2D eigenvalue weighted by atomic mass is 35.5. The summed E-state index contributed by atoms with van der Waals surface area (Å²) in [7, 11) is 0. The molecule has 1 radical (unpaired) electrons. The second kappa shape index (κ2) is 4.67. The Balaban J connectivity index is 2.40. The van der Waals surface area contributed by atoms with E-state index in [1.807, 2.05) is 30.3 Å². The van der Waals surface area contributed by atoms with Crippen LogP contribution in [0.15, 0.2) is 42.5 Å². The summed E-state index contributed by atoms with van der Waals surface area (Å²) in [5, 5.41) is 1.90. The largest absolute Gasteiger partial charge is 0.246 e. The second-order valence-corrected chi connectivity index (χ2v) is 5.16. The molecule has 19 heavy (non-hydrogen) atoms. The van der Waals surface area contributed by atoms with Crippen molar-refractivity contribution in [1.82, 2.24) is 4.98 Å². The Kier molecular flexibility index (Phi) is 3.00. The van der Waals surface area contributed by atoms with Crippen LogP contribution in [-0.2, 0) is 0 Å². The summed E-state index contributed by atoms with van der Waals surface area (Å²) in [6.07, 6.45) is 2.98. The average Bonchev–Trinajstić information content (AvgIpc) is 2.38. The summed E-state index contributed by atoms with van der Waals surface area (Å²) < 4.78 is 0. The molecule has 0 unspecified atom stereocenters. The lowest BCUT2D eigenvalue weighted by molar-refractivity contribution is 1.34. The Morgan fingerprint density at radius 1 is 1.05 bits per heavy atom. The molecule has 2 heteroatoms. The minimum atomic E-state index is 0.753. The van der Waals surface area contributed by atoms with Gasteiger partial charge < -0.3 is 0 Å². The van der Waals surface area contributed by atoms with Crippen molar-refractivity contribution in [3.63, 3.8) is 0 Å². The third-order valence-electron chi connectivity index (χ3n) is 3.29. The Morgan fingerprint density at radius 3 is 2.63 bits per heavy atom. The molecule has 0 fully saturated rings. The summed E-state index contributed by atoms with van der Waals surface area (Å²) in [6.45, 7) is 4.19. The highest BCUT2D eigenvalue weighted by molar-refractivity contribution is 6.33. The van der Waals surface area contributed by atoms with Crippen molar-refractivity contribution in [1.29, 1.82) is 0 Å². The van der Waals surface area contributed by atoms with Gasteiger partial charge in [0.25, 0.3) is 0 Å². The van der Waals surface area contributed by atoms with Gasteiger partial charge in [-0.2, -0.15) is 0 Å². The van der Waals surface area contributed by atoms with Gasteiger partial charge in [0.15, 0.2) is 0 Å². The van der Waals surface area contributed by atoms with Crippen LogP contribution in [0.3, 0.4) is 0 Å². The van der Waals surface area contributed by atoms with Crippen LogP contribution in [0.25, 0.3) is 22.0 Å². The predicted octanol–water partition coefficient (Wildman–Crippen LogP) is 4.97. The van der Waals surface area contributed by atoms with E-state index < -0.39 is 0 Å². The standard InChI is InChI=1S/C17H13ClN/c1-11-9-12(2)17-14(7-8-19-16(17)10-11)13-5-3-4-6-15(13)18/h3-7,9-10H,1-2H3. The van der Waals surface area contributed by atoms with Crippen molar-refractivity contribution in [2.24, 2.45) is 0 Å². The van der Waals surface area contributed by atoms with Crippen LogP contribution in [0.1, 0.15) is 11.1 Å². The molecule has 2 aromatic carbocycles. The lowest BCUT2D eigenvalue weighted by Gasteiger charge is -2.11. The SMILES string of the molecule is Cc1cc(C)c2c(-c3ccccc3Cl)c[c]nc2c1. The monoisotopic (exact) mass is 266 g/mol. The van der Waals surface area contributed by atoms with Crippen LogP contribution >= 0.6 is 11.6 Å². The molecule has 1 heterocycles. The number of halogens is 1. The molecule has 0 aliphatic carbocycles. The molecular formula is C17H13ClN. The highest BCUT2D eigenvalue weighted by Gasteiger charge is 2.10. The van der Waals surface area contributed by atoms with Gasteiger partial charge in [0.1, 0.15) is 0 Å². The maximum Gasteiger partial charge on any atom is 0.0900 e. The first kappa shape index (κ1) is 12.2. The molecule has 3 aromatic rings. The highest BCUT2D eigenvalue weighted by Crippen LogP contribution is 2.34. The van der Waals surface area contributed by atoms with Gasteiger partial charge in [-0.15, -0.1) is 0 Å². The molecule has 0 spiro atoms. The van der Waals surface area contributed by atoms with Crippen molar-refractivity contribution in [2.45, 2.75) is 13.8 Å². The summed E-state index contributed by atoms with van der Waals surface area (Å²) in [5.74, 6) is 0. The van der Waals surface area contributed by atoms with Gasteiger partial charge in [-0.3, -0.25) is 0 Å². The molecule has 3 rings (SSSR count). The van der Waals surface area contributed by atoms with Gasteiger partial charge in [0.05, 0.1) is 11.7 Å². The lowest BCUT2D eigenvalue weighted by atomic mass is 9.97. The van der Waals surface area contributed by atoms with Gasteiger partial charge in [-0.05, 0) is 48.7 Å². The summed E-state index contributed by atoms with van der Waals surface area (Å²) in [4.78, 5) is 4.35. The molecular weight excluding hydrogens is 254 g/mol. The first-order valence-corrected chi connectivity index (χ1v) is 6.57. The van der Waals surface area contributed by atoms with E-state index >= 15 is 0 Å². The van der Waals surface area contributed by atoms with E-state index in [9.17, 15) is 0 Å². The number of rotatable bonds is 1. The van der Waals surface area contributed by atoms with Crippen molar-refractivity contribution in [2.75, 3.05) is 0 Å². The smallest absolute Gasteiger partial charge is 0.0900 e. The van der Waals surface area contributed by atoms with Gasteiger partial charge in [0.2, 0.25) is 0 Å². The molecule has 0 saturated heterocycles. The molecule has 0 atom stereocenters. The van der Waals surface area contributed by atoms with E-state index in [4.69, 9.17) is 11.6 Å². The second-order valence-electron chi connectivity index (χ2n) is 4.75. The Bertz CT molecular complexity index is 762. The van der Waals surface area contributed by atoms with Gasteiger partial charge in [-0.1, -0.05) is 35.9 Å². The predicted molar refractivity (Wildman–Crippen MR) is 80.5 cm³/mol. The maximum atomic E-state index is 6.31. The van der Waals surface area contributed by atoms with Gasteiger partial charge in [0, 0.05) is 16.0 Å². The molecule has 1 aromatic heterocycles. The van der Waals surface area contributed by atoms with Crippen LogP contribution in [0.4, 0.5) is 0 Å². The fraction of sp³-hybridized carbons (Fsp3) is 0.118. The molecule has 0 bridgehead atoms. The Labute approximate surface area is 117 Å². The summed E-state index contributed by atoms with van der Waals surface area (Å²) in [5.41, 5.74) is 5.51. The Hall–Kier alpha value is -1.86. The quantitative estimate of drug-likeness (QED) is 0.606. The van der Waals surface area contributed by atoms with Gasteiger partial charge in [-0.25, -0.2) is 4.98 Å². The Morgan fingerprint density at radius 2 is 1.84 bits per heavy atom. The number of pyridine rings is 1. The molecule has 1 nitrogen and oxygen atoms in total. The molecule has 0 N–H and O–H groups in total. The van der Waals surface area contributed by atoms with Crippen LogP contribution in [0, 0.1) is 20.0 Å². The summed E-state index contributed by atoms with van der Waals surface area (Å²) in [6, 6.07) is 14.0. The number of hydrogen-bond donors (Lipinski definition) is 0. The van der Waals surface area contributed by atoms with E-state index in [-0.39, 0.29) is 0 Å². The first-order chi connectivity index (χ1) is 9.16. The van der Waals surface area contributed by atoms with Crippen molar-refractivity contribution < 1.29 is 0 Å². The van der Waals surface area contributed by atoms with Gasteiger partial charge >= 0.3 is 0 Å². The maximum absolute atomic E-state index is 6.31. The third-order valence-corrected chi connectivity index (χ3v) is 3.62. The summed E-state index contributed by atoms with van der Waals surface area (Å²) >= 11 is 6.31. The van der Waals surface area contributed by atoms with Crippen LogP contribution in [-0.4, -0.2) is 4.98 Å². The zero-order chi connectivity index (χ0) is 13.4. The van der Waals surface area contributed by atoms with Crippen LogP contribution in [0.2, 0.25) is 5.02 Å². The number of aromatic nitrogens is 1. The normalized spacial score (nSPS) is 10.9. The zero-order valence-electron chi connectivity index (χ0n) is 10.9. The minimum Gasteiger partial charge on any atom is -0.246 e. The van der Waals surface area contributed by atoms with E-state index in [0.717, 1.165) is 27.1 Å². The topological polar surface area (TPSA) is 12.9 Å². The molecule has 0 amide bonds. The third kappa shape index (κ3) is 2.11. The molecule has 93 valence electrons. The van der Waals surface area contributed by atoms with E-state index in [0.29, 0.717) is 0 Å². The van der Waals surface area contributed by atoms with Crippen LogP contribution in [0.5, 0.6) is 0 Å². The van der Waals surface area contributed by atoms with E-state index in [1.54, 1.807) is 0 Å². The number of aryl methyl sites for hydroxylation is 2. The number of nitrogens with zero attached hydrogens (tertiary/aromatic N) is 1. The fourth-order valence-corrected chi connectivity index (χ4v) is 2.75. The fourth-order valence-electron chi connectivity index (χ4n) is 2.51. The van der Waals surface area contributed by atoms with Crippen molar-refractivity contribution in [3.05, 3.63) is 64.8 Å².